The molecule has 2 fully saturated rings. The molecule has 6 rings (SSSR count). The number of anilines is 1. The summed E-state index contributed by atoms with van der Waals surface area (Å²) in [6.45, 7) is 1.91. The summed E-state index contributed by atoms with van der Waals surface area (Å²) in [4.78, 5) is 17.3. The second-order valence-electron chi connectivity index (χ2n) is 8.08. The smallest absolute Gasteiger partial charge is 0.179 e. The summed E-state index contributed by atoms with van der Waals surface area (Å²) in [5, 5.41) is 8.19. The first kappa shape index (κ1) is 17.8. The first-order valence-corrected chi connectivity index (χ1v) is 10.5. The van der Waals surface area contributed by atoms with Gasteiger partial charge in [-0.25, -0.2) is 24.0 Å². The third-order valence-electron chi connectivity index (χ3n) is 5.87. The van der Waals surface area contributed by atoms with E-state index in [-0.39, 0.29) is 11.9 Å². The van der Waals surface area contributed by atoms with Gasteiger partial charge < -0.3 is 15.0 Å². The minimum atomic E-state index is -0.284. The van der Waals surface area contributed by atoms with Crippen LogP contribution in [0.25, 0.3) is 22.2 Å². The molecule has 8 nitrogen and oxygen atoms in total. The van der Waals surface area contributed by atoms with Crippen LogP contribution in [-0.4, -0.2) is 42.9 Å². The van der Waals surface area contributed by atoms with Crippen LogP contribution in [0.5, 0.6) is 0 Å². The van der Waals surface area contributed by atoms with Crippen molar-refractivity contribution in [3.63, 3.8) is 0 Å². The van der Waals surface area contributed by atoms with Gasteiger partial charge in [-0.2, -0.15) is 5.10 Å². The molecule has 2 aliphatic rings. The molecule has 1 aliphatic heterocycles. The number of aromatic nitrogens is 6. The molecule has 0 amide bonds. The quantitative estimate of drug-likeness (QED) is 0.524. The fourth-order valence-corrected chi connectivity index (χ4v) is 4.09. The van der Waals surface area contributed by atoms with Crippen molar-refractivity contribution >= 4 is 28.0 Å². The first-order valence-electron chi connectivity index (χ1n) is 10.5. The normalized spacial score (nSPS) is 17.8. The molecule has 1 saturated carbocycles. The number of hydrogen-bond acceptors (Lipinski definition) is 6. The molecule has 154 valence electrons. The lowest BCUT2D eigenvalue weighted by Gasteiger charge is -2.22. The molecule has 1 aromatic carbocycles. The zero-order chi connectivity index (χ0) is 20.1. The highest BCUT2D eigenvalue weighted by atomic mass is 19.1. The lowest BCUT2D eigenvalue weighted by atomic mass is 10.1. The van der Waals surface area contributed by atoms with E-state index in [1.54, 1.807) is 6.07 Å². The summed E-state index contributed by atoms with van der Waals surface area (Å²) in [5.41, 5.74) is 4.08. The Bertz CT molecular complexity index is 1220. The molecule has 4 aromatic rings. The maximum Gasteiger partial charge on any atom is 0.179 e. The van der Waals surface area contributed by atoms with Gasteiger partial charge in [-0.15, -0.1) is 0 Å². The summed E-state index contributed by atoms with van der Waals surface area (Å²) in [5.74, 6) is 1.66. The lowest BCUT2D eigenvalue weighted by Crippen LogP contribution is -2.21. The van der Waals surface area contributed by atoms with Crippen LogP contribution in [0.15, 0.2) is 24.4 Å². The second kappa shape index (κ2) is 7.02. The van der Waals surface area contributed by atoms with Crippen LogP contribution in [-0.2, 0) is 11.3 Å². The minimum absolute atomic E-state index is 0.259. The highest BCUT2D eigenvalue weighted by molar-refractivity contribution is 5.83. The first-order chi connectivity index (χ1) is 14.7. The zero-order valence-corrected chi connectivity index (χ0v) is 16.4. The Hall–Kier alpha value is -3.07. The number of imidazole rings is 1. The van der Waals surface area contributed by atoms with Crippen LogP contribution in [0.1, 0.15) is 49.2 Å². The van der Waals surface area contributed by atoms with E-state index in [9.17, 15) is 4.39 Å². The summed E-state index contributed by atoms with van der Waals surface area (Å²) in [6.07, 6.45) is 6.08. The van der Waals surface area contributed by atoms with Crippen molar-refractivity contribution < 1.29 is 9.13 Å². The molecule has 3 aromatic heterocycles. The van der Waals surface area contributed by atoms with Crippen LogP contribution in [0.4, 0.5) is 10.2 Å². The summed E-state index contributed by atoms with van der Waals surface area (Å²) in [6, 6.07) is 4.79. The molecule has 0 unspecified atom stereocenters. The summed E-state index contributed by atoms with van der Waals surface area (Å²) in [7, 11) is 0. The second-order valence-corrected chi connectivity index (χ2v) is 8.08. The Kier molecular flexibility index (Phi) is 4.15. The molecule has 1 aliphatic carbocycles. The Balaban J connectivity index is 1.33. The summed E-state index contributed by atoms with van der Waals surface area (Å²) >= 11 is 0. The van der Waals surface area contributed by atoms with E-state index in [1.807, 2.05) is 10.9 Å². The van der Waals surface area contributed by atoms with Crippen molar-refractivity contribution in [2.75, 3.05) is 18.5 Å². The van der Waals surface area contributed by atoms with Crippen LogP contribution in [0.3, 0.4) is 0 Å². The Morgan fingerprint density at radius 2 is 2.03 bits per heavy atom. The van der Waals surface area contributed by atoms with Gasteiger partial charge in [0.05, 0.1) is 29.3 Å². The molecular formula is C21H22FN7O. The van der Waals surface area contributed by atoms with Crippen LogP contribution in [0.2, 0.25) is 0 Å². The standard InChI is InChI=1S/C21H22FN7O/c22-13-3-4-15-16(9-13)26-18(25-15)11-24-20-19-21(27-17(10-23-19)12-1-2-12)29(28-20)14-5-7-30-8-6-14/h3-4,9-10,12,14H,1-2,5-8,11H2,(H,24,28)(H,25,26). The molecule has 1 saturated heterocycles. The zero-order valence-electron chi connectivity index (χ0n) is 16.4. The van der Waals surface area contributed by atoms with E-state index in [0.717, 1.165) is 48.4 Å². The number of hydrogen-bond donors (Lipinski definition) is 2. The van der Waals surface area contributed by atoms with Gasteiger partial charge >= 0.3 is 0 Å². The molecule has 0 radical (unpaired) electrons. The third kappa shape index (κ3) is 3.19. The molecule has 9 heteroatoms. The highest BCUT2D eigenvalue weighted by Gasteiger charge is 2.28. The maximum absolute atomic E-state index is 13.4. The van der Waals surface area contributed by atoms with Gasteiger partial charge in [-0.1, -0.05) is 0 Å². The molecule has 2 N–H and O–H groups in total. The van der Waals surface area contributed by atoms with Crippen molar-refractivity contribution in [3.8, 4) is 0 Å². The number of H-pyrrole nitrogens is 1. The lowest BCUT2D eigenvalue weighted by molar-refractivity contribution is 0.0674. The summed E-state index contributed by atoms with van der Waals surface area (Å²) < 4.78 is 21.0. The van der Waals surface area contributed by atoms with Crippen molar-refractivity contribution in [2.24, 2.45) is 0 Å². The van der Waals surface area contributed by atoms with Gasteiger partial charge in [0, 0.05) is 25.3 Å². The van der Waals surface area contributed by atoms with E-state index in [4.69, 9.17) is 19.8 Å². The predicted molar refractivity (Wildman–Crippen MR) is 110 cm³/mol. The fourth-order valence-electron chi connectivity index (χ4n) is 4.09. The number of nitrogens with zero attached hydrogens (tertiary/aromatic N) is 5. The average Bonchev–Trinajstić information content (AvgIpc) is 3.45. The van der Waals surface area contributed by atoms with Crippen LogP contribution < -0.4 is 5.32 Å². The fraction of sp³-hybridized carbons (Fsp3) is 0.429. The predicted octanol–water partition coefficient (Wildman–Crippen LogP) is 3.68. The molecule has 0 spiro atoms. The Morgan fingerprint density at radius 1 is 1.17 bits per heavy atom. The van der Waals surface area contributed by atoms with Gasteiger partial charge in [0.25, 0.3) is 0 Å². The van der Waals surface area contributed by atoms with Gasteiger partial charge in [0.1, 0.15) is 11.6 Å². The molecule has 4 heterocycles. The number of aromatic amines is 1. The number of rotatable bonds is 5. The number of ether oxygens (including phenoxy) is 1. The van der Waals surface area contributed by atoms with Gasteiger partial charge in [0.2, 0.25) is 0 Å². The molecule has 0 bridgehead atoms. The van der Waals surface area contributed by atoms with E-state index in [1.165, 1.54) is 25.0 Å². The van der Waals surface area contributed by atoms with Crippen molar-refractivity contribution in [3.05, 3.63) is 41.7 Å². The van der Waals surface area contributed by atoms with E-state index < -0.39 is 0 Å². The van der Waals surface area contributed by atoms with Crippen LogP contribution in [0, 0.1) is 5.82 Å². The third-order valence-corrected chi connectivity index (χ3v) is 5.87. The van der Waals surface area contributed by atoms with Crippen molar-refractivity contribution in [2.45, 2.75) is 44.2 Å². The van der Waals surface area contributed by atoms with Gasteiger partial charge in [-0.05, 0) is 43.9 Å². The molecular weight excluding hydrogens is 385 g/mol. The van der Waals surface area contributed by atoms with Gasteiger partial charge in [-0.3, -0.25) is 0 Å². The number of nitrogens with one attached hydrogen (secondary N) is 2. The Morgan fingerprint density at radius 3 is 2.87 bits per heavy atom. The van der Waals surface area contributed by atoms with Gasteiger partial charge in [0.15, 0.2) is 17.0 Å². The average molecular weight is 407 g/mol. The maximum atomic E-state index is 13.4. The minimum Gasteiger partial charge on any atom is -0.381 e. The van der Waals surface area contributed by atoms with Crippen molar-refractivity contribution in [1.82, 2.24) is 29.7 Å². The van der Waals surface area contributed by atoms with E-state index in [0.29, 0.717) is 29.6 Å². The molecule has 30 heavy (non-hydrogen) atoms. The number of halogens is 1. The van der Waals surface area contributed by atoms with Crippen molar-refractivity contribution in [1.29, 1.82) is 0 Å². The number of fused-ring (bicyclic) bond motifs is 2. The number of benzene rings is 1. The SMILES string of the molecule is Fc1ccc2nc(CNc3nn(C4CCOCC4)c4nc(C5CC5)cnc34)[nH]c2c1. The van der Waals surface area contributed by atoms with E-state index >= 15 is 0 Å². The monoisotopic (exact) mass is 407 g/mol. The topological polar surface area (TPSA) is 93.5 Å². The largest absolute Gasteiger partial charge is 0.381 e. The molecule has 0 atom stereocenters. The van der Waals surface area contributed by atoms with E-state index in [2.05, 4.69) is 15.3 Å². The van der Waals surface area contributed by atoms with Crippen LogP contribution >= 0.6 is 0 Å². The Labute approximate surface area is 171 Å². The highest BCUT2D eigenvalue weighted by Crippen LogP contribution is 2.39.